The largest absolute Gasteiger partial charge is 0.368 e. The number of rotatable bonds is 2. The van der Waals surface area contributed by atoms with E-state index in [1.54, 1.807) is 0 Å². The van der Waals surface area contributed by atoms with Crippen molar-refractivity contribution in [2.24, 2.45) is 5.73 Å². The van der Waals surface area contributed by atoms with Gasteiger partial charge >= 0.3 is 6.03 Å². The van der Waals surface area contributed by atoms with Gasteiger partial charge in [-0.15, -0.1) is 11.6 Å². The fraction of sp³-hybridized carbons (Fsp3) is 0.625. The molecule has 0 aromatic carbocycles. The first-order valence-corrected chi connectivity index (χ1v) is 5.05. The maximum Gasteiger partial charge on any atom is 0.324 e. The minimum atomic E-state index is -0.617. The molecule has 3 N–H and O–H groups in total. The third-order valence-electron chi connectivity index (χ3n) is 2.21. The molecule has 1 atom stereocenters. The molecule has 0 aromatic rings. The summed E-state index contributed by atoms with van der Waals surface area (Å²) in [7, 11) is 0. The van der Waals surface area contributed by atoms with E-state index in [0.717, 1.165) is 0 Å². The molecule has 0 saturated carbocycles. The molecule has 1 fully saturated rings. The van der Waals surface area contributed by atoms with Gasteiger partial charge in [0, 0.05) is 6.54 Å². The van der Waals surface area contributed by atoms with Gasteiger partial charge in [-0.1, -0.05) is 0 Å². The number of nitrogens with one attached hydrogen (secondary N) is 1. The lowest BCUT2D eigenvalue weighted by atomic mass is 10.2. The summed E-state index contributed by atoms with van der Waals surface area (Å²) in [6, 6.07) is -1.23. The van der Waals surface area contributed by atoms with E-state index in [2.05, 4.69) is 5.32 Å². The highest BCUT2D eigenvalue weighted by Gasteiger charge is 2.33. The van der Waals surface area contributed by atoms with E-state index in [-0.39, 0.29) is 5.88 Å². The van der Waals surface area contributed by atoms with Gasteiger partial charge < -0.3 is 10.6 Å². The Morgan fingerprint density at radius 3 is 2.67 bits per heavy atom. The van der Waals surface area contributed by atoms with Crippen molar-refractivity contribution in [2.45, 2.75) is 18.9 Å². The SMILES string of the molecule is NC(=O)[C@H]1CCCN1C(=O)NC(=O)CCl. The smallest absolute Gasteiger partial charge is 0.324 e. The van der Waals surface area contributed by atoms with Crippen molar-refractivity contribution < 1.29 is 14.4 Å². The van der Waals surface area contributed by atoms with Gasteiger partial charge in [0.1, 0.15) is 11.9 Å². The van der Waals surface area contributed by atoms with Crippen LogP contribution in [0.3, 0.4) is 0 Å². The first-order valence-electron chi connectivity index (χ1n) is 4.52. The number of imide groups is 1. The number of nitrogens with zero attached hydrogens (tertiary/aromatic N) is 1. The normalized spacial score (nSPS) is 20.1. The number of primary amides is 1. The minimum absolute atomic E-state index is 0.291. The lowest BCUT2D eigenvalue weighted by Crippen LogP contribution is -2.49. The molecule has 7 heteroatoms. The summed E-state index contributed by atoms with van der Waals surface area (Å²) in [4.78, 5) is 34.5. The van der Waals surface area contributed by atoms with Gasteiger partial charge in [0.15, 0.2) is 0 Å². The van der Waals surface area contributed by atoms with Crippen molar-refractivity contribution in [3.05, 3.63) is 0 Å². The van der Waals surface area contributed by atoms with Crippen LogP contribution in [0.4, 0.5) is 4.79 Å². The molecule has 1 aliphatic rings. The van der Waals surface area contributed by atoms with Gasteiger partial charge in [0.2, 0.25) is 11.8 Å². The van der Waals surface area contributed by atoms with Crippen LogP contribution in [0.5, 0.6) is 0 Å². The van der Waals surface area contributed by atoms with E-state index in [1.165, 1.54) is 4.90 Å². The number of urea groups is 1. The fourth-order valence-corrected chi connectivity index (χ4v) is 1.60. The number of amides is 4. The number of likely N-dealkylation sites (tertiary alicyclic amines) is 1. The molecule has 1 heterocycles. The molecule has 1 saturated heterocycles. The van der Waals surface area contributed by atoms with E-state index < -0.39 is 23.9 Å². The lowest BCUT2D eigenvalue weighted by Gasteiger charge is -2.21. The predicted octanol–water partition coefficient (Wildman–Crippen LogP) is -0.589. The second-order valence-corrected chi connectivity index (χ2v) is 3.51. The van der Waals surface area contributed by atoms with Gasteiger partial charge in [0.25, 0.3) is 0 Å². The maximum atomic E-state index is 11.5. The predicted molar refractivity (Wildman–Crippen MR) is 53.2 cm³/mol. The summed E-state index contributed by atoms with van der Waals surface area (Å²) in [6.45, 7) is 0.426. The monoisotopic (exact) mass is 233 g/mol. The molecule has 1 rings (SSSR count). The van der Waals surface area contributed by atoms with Gasteiger partial charge in [0.05, 0.1) is 0 Å². The topological polar surface area (TPSA) is 92.5 Å². The molecule has 4 amide bonds. The molecule has 0 radical (unpaired) electrons. The Balaban J connectivity index is 2.58. The Kier molecular flexibility index (Phi) is 3.90. The molecule has 0 aromatic heterocycles. The van der Waals surface area contributed by atoms with Crippen LogP contribution in [0.15, 0.2) is 0 Å². The molecule has 84 valence electrons. The number of carbonyl (C=O) groups excluding carboxylic acids is 3. The van der Waals surface area contributed by atoms with Gasteiger partial charge in [-0.3, -0.25) is 14.9 Å². The van der Waals surface area contributed by atoms with Crippen LogP contribution in [-0.2, 0) is 9.59 Å². The standard InChI is InChI=1S/C8H12ClN3O3/c9-4-6(13)11-8(15)12-3-1-2-5(12)7(10)14/h5H,1-4H2,(H2,10,14)(H,11,13,15)/t5-/m1/s1. The first-order chi connectivity index (χ1) is 7.06. The Morgan fingerprint density at radius 2 is 2.13 bits per heavy atom. The summed E-state index contributed by atoms with van der Waals surface area (Å²) in [5, 5.41) is 2.06. The van der Waals surface area contributed by atoms with E-state index >= 15 is 0 Å². The summed E-state index contributed by atoms with van der Waals surface area (Å²) in [5.74, 6) is -1.43. The Hall–Kier alpha value is -1.30. The van der Waals surface area contributed by atoms with Crippen LogP contribution in [-0.4, -0.2) is 41.2 Å². The Labute approximate surface area is 91.7 Å². The summed E-state index contributed by atoms with van der Waals surface area (Å²) < 4.78 is 0. The minimum Gasteiger partial charge on any atom is -0.368 e. The van der Waals surface area contributed by atoms with Crippen LogP contribution in [0.2, 0.25) is 0 Å². The number of carbonyl (C=O) groups is 3. The first kappa shape index (κ1) is 11.8. The fourth-order valence-electron chi connectivity index (χ4n) is 1.53. The number of halogens is 1. The van der Waals surface area contributed by atoms with Gasteiger partial charge in [-0.2, -0.15) is 0 Å². The lowest BCUT2D eigenvalue weighted by molar-refractivity contribution is -0.122. The van der Waals surface area contributed by atoms with Crippen molar-refractivity contribution in [1.82, 2.24) is 10.2 Å². The van der Waals surface area contributed by atoms with Crippen LogP contribution in [0.25, 0.3) is 0 Å². The molecule has 6 nitrogen and oxygen atoms in total. The average Bonchev–Trinajstić information content (AvgIpc) is 2.65. The van der Waals surface area contributed by atoms with Crippen molar-refractivity contribution >= 4 is 29.4 Å². The molecular formula is C8H12ClN3O3. The number of hydrogen-bond donors (Lipinski definition) is 2. The molecule has 0 spiro atoms. The van der Waals surface area contributed by atoms with E-state index in [4.69, 9.17) is 17.3 Å². The van der Waals surface area contributed by atoms with Gasteiger partial charge in [-0.25, -0.2) is 4.79 Å². The Morgan fingerprint density at radius 1 is 1.47 bits per heavy atom. The second kappa shape index (κ2) is 4.97. The zero-order chi connectivity index (χ0) is 11.4. The summed E-state index contributed by atoms with van der Waals surface area (Å²) in [6.07, 6.45) is 1.24. The van der Waals surface area contributed by atoms with Crippen LogP contribution >= 0.6 is 11.6 Å². The average molecular weight is 234 g/mol. The van der Waals surface area contributed by atoms with Crippen LogP contribution in [0.1, 0.15) is 12.8 Å². The molecule has 0 bridgehead atoms. The van der Waals surface area contributed by atoms with Crippen molar-refractivity contribution in [2.75, 3.05) is 12.4 Å². The molecule has 0 aliphatic carbocycles. The van der Waals surface area contributed by atoms with Crippen LogP contribution in [0, 0.1) is 0 Å². The molecule has 1 aliphatic heterocycles. The van der Waals surface area contributed by atoms with E-state index in [1.807, 2.05) is 0 Å². The van der Waals surface area contributed by atoms with E-state index in [0.29, 0.717) is 19.4 Å². The van der Waals surface area contributed by atoms with Crippen molar-refractivity contribution in [3.8, 4) is 0 Å². The Bertz CT molecular complexity index is 295. The summed E-state index contributed by atoms with van der Waals surface area (Å²) in [5.41, 5.74) is 5.12. The highest BCUT2D eigenvalue weighted by atomic mass is 35.5. The third kappa shape index (κ3) is 2.82. The molecule has 0 unspecified atom stereocenters. The highest BCUT2D eigenvalue weighted by molar-refractivity contribution is 6.28. The zero-order valence-electron chi connectivity index (χ0n) is 8.03. The number of hydrogen-bond acceptors (Lipinski definition) is 3. The maximum absolute atomic E-state index is 11.5. The van der Waals surface area contributed by atoms with Crippen LogP contribution < -0.4 is 11.1 Å². The highest BCUT2D eigenvalue weighted by Crippen LogP contribution is 2.16. The molecule has 15 heavy (non-hydrogen) atoms. The quantitative estimate of drug-likeness (QED) is 0.625. The zero-order valence-corrected chi connectivity index (χ0v) is 8.79. The second-order valence-electron chi connectivity index (χ2n) is 3.24. The summed E-state index contributed by atoms with van der Waals surface area (Å²) >= 11 is 5.23. The van der Waals surface area contributed by atoms with E-state index in [9.17, 15) is 14.4 Å². The number of alkyl halides is 1. The molecular weight excluding hydrogens is 222 g/mol. The number of nitrogens with two attached hydrogens (primary N) is 1. The van der Waals surface area contributed by atoms with Crippen molar-refractivity contribution in [3.63, 3.8) is 0 Å². The van der Waals surface area contributed by atoms with Gasteiger partial charge in [-0.05, 0) is 12.8 Å². The third-order valence-corrected chi connectivity index (χ3v) is 2.45. The van der Waals surface area contributed by atoms with Crippen molar-refractivity contribution in [1.29, 1.82) is 0 Å².